The van der Waals surface area contributed by atoms with Crippen LogP contribution in [-0.4, -0.2) is 4.98 Å². The first kappa shape index (κ1) is 9.58. The van der Waals surface area contributed by atoms with E-state index in [9.17, 15) is 8.78 Å². The molecule has 76 valence electrons. The molecule has 1 aromatic carbocycles. The largest absolute Gasteiger partial charge is 0.384 e. The van der Waals surface area contributed by atoms with Gasteiger partial charge in [0.25, 0.3) is 0 Å². The van der Waals surface area contributed by atoms with E-state index in [-0.39, 0.29) is 11.4 Å². The summed E-state index contributed by atoms with van der Waals surface area (Å²) in [5, 5.41) is 0. The van der Waals surface area contributed by atoms with Gasteiger partial charge < -0.3 is 5.73 Å². The second kappa shape index (κ2) is 3.65. The maximum absolute atomic E-state index is 13.4. The highest BCUT2D eigenvalue weighted by atomic mass is 19.2. The zero-order valence-electron chi connectivity index (χ0n) is 7.74. The number of aromatic nitrogens is 1. The molecule has 2 aromatic rings. The van der Waals surface area contributed by atoms with Gasteiger partial charge >= 0.3 is 0 Å². The SMILES string of the molecule is Nc1cc(-c2cccc(F)c2F)ccn1. The number of nitrogens with zero attached hydrogens (tertiary/aromatic N) is 1. The normalized spacial score (nSPS) is 10.3. The molecule has 0 amide bonds. The Labute approximate surface area is 85.4 Å². The summed E-state index contributed by atoms with van der Waals surface area (Å²) in [7, 11) is 0. The predicted molar refractivity (Wildman–Crippen MR) is 54.0 cm³/mol. The molecule has 0 bridgehead atoms. The van der Waals surface area contributed by atoms with Gasteiger partial charge in [-0.05, 0) is 23.8 Å². The van der Waals surface area contributed by atoms with Crippen molar-refractivity contribution in [2.75, 3.05) is 5.73 Å². The first-order valence-electron chi connectivity index (χ1n) is 4.34. The topological polar surface area (TPSA) is 38.9 Å². The molecule has 2 rings (SSSR count). The second-order valence-electron chi connectivity index (χ2n) is 3.07. The van der Waals surface area contributed by atoms with Crippen LogP contribution in [0.4, 0.5) is 14.6 Å². The van der Waals surface area contributed by atoms with Crippen molar-refractivity contribution in [3.05, 3.63) is 48.2 Å². The molecule has 1 heterocycles. The summed E-state index contributed by atoms with van der Waals surface area (Å²) in [4.78, 5) is 3.78. The van der Waals surface area contributed by atoms with E-state index in [1.54, 1.807) is 6.07 Å². The fourth-order valence-corrected chi connectivity index (χ4v) is 1.34. The molecule has 0 aliphatic heterocycles. The first-order valence-corrected chi connectivity index (χ1v) is 4.34. The molecule has 15 heavy (non-hydrogen) atoms. The number of benzene rings is 1. The third kappa shape index (κ3) is 1.79. The molecule has 1 aromatic heterocycles. The number of nitrogen functional groups attached to an aromatic ring is 1. The van der Waals surface area contributed by atoms with Gasteiger partial charge in [0.15, 0.2) is 11.6 Å². The minimum Gasteiger partial charge on any atom is -0.384 e. The third-order valence-corrected chi connectivity index (χ3v) is 2.04. The van der Waals surface area contributed by atoms with Crippen LogP contribution in [0.2, 0.25) is 0 Å². The molecule has 0 aliphatic rings. The number of halogens is 2. The molecular formula is C11H8F2N2. The Morgan fingerprint density at radius 2 is 1.93 bits per heavy atom. The highest BCUT2D eigenvalue weighted by Gasteiger charge is 2.09. The number of hydrogen-bond donors (Lipinski definition) is 1. The lowest BCUT2D eigenvalue weighted by Gasteiger charge is -2.04. The standard InChI is InChI=1S/C11H8F2N2/c12-9-3-1-2-8(11(9)13)7-4-5-15-10(14)6-7/h1-6H,(H2,14,15). The van der Waals surface area contributed by atoms with Crippen molar-refractivity contribution < 1.29 is 8.78 Å². The Bertz CT molecular complexity index is 498. The minimum atomic E-state index is -0.872. The van der Waals surface area contributed by atoms with Gasteiger partial charge in [-0.3, -0.25) is 0 Å². The van der Waals surface area contributed by atoms with Crippen LogP contribution >= 0.6 is 0 Å². The van der Waals surface area contributed by atoms with Crippen LogP contribution in [0.1, 0.15) is 0 Å². The van der Waals surface area contributed by atoms with E-state index in [0.717, 1.165) is 6.07 Å². The Kier molecular flexibility index (Phi) is 2.33. The average Bonchev–Trinajstić information content (AvgIpc) is 2.22. The Morgan fingerprint density at radius 3 is 2.67 bits per heavy atom. The summed E-state index contributed by atoms with van der Waals surface area (Å²) in [5.74, 6) is -1.47. The fraction of sp³-hybridized carbons (Fsp3) is 0. The Morgan fingerprint density at radius 1 is 1.13 bits per heavy atom. The van der Waals surface area contributed by atoms with Crippen LogP contribution < -0.4 is 5.73 Å². The molecule has 0 saturated carbocycles. The van der Waals surface area contributed by atoms with Gasteiger partial charge in [-0.25, -0.2) is 13.8 Å². The average molecular weight is 206 g/mol. The smallest absolute Gasteiger partial charge is 0.166 e. The van der Waals surface area contributed by atoms with Gasteiger partial charge in [-0.15, -0.1) is 0 Å². The zero-order chi connectivity index (χ0) is 10.8. The molecule has 0 spiro atoms. The van der Waals surface area contributed by atoms with Crippen molar-refractivity contribution in [3.63, 3.8) is 0 Å². The molecule has 0 fully saturated rings. The van der Waals surface area contributed by atoms with Crippen LogP contribution in [0.5, 0.6) is 0 Å². The van der Waals surface area contributed by atoms with Crippen molar-refractivity contribution >= 4 is 5.82 Å². The van der Waals surface area contributed by atoms with Crippen molar-refractivity contribution in [1.82, 2.24) is 4.98 Å². The maximum atomic E-state index is 13.4. The number of rotatable bonds is 1. The van der Waals surface area contributed by atoms with Crippen LogP contribution in [0, 0.1) is 11.6 Å². The molecule has 2 N–H and O–H groups in total. The van der Waals surface area contributed by atoms with E-state index in [0.29, 0.717) is 5.56 Å². The monoisotopic (exact) mass is 206 g/mol. The number of hydrogen-bond acceptors (Lipinski definition) is 2. The van der Waals surface area contributed by atoms with Crippen molar-refractivity contribution in [2.24, 2.45) is 0 Å². The number of anilines is 1. The van der Waals surface area contributed by atoms with E-state index in [2.05, 4.69) is 4.98 Å². The second-order valence-corrected chi connectivity index (χ2v) is 3.07. The summed E-state index contributed by atoms with van der Waals surface area (Å²) in [5.41, 5.74) is 6.15. The van der Waals surface area contributed by atoms with Gasteiger partial charge in [0.2, 0.25) is 0 Å². The molecule has 0 atom stereocenters. The van der Waals surface area contributed by atoms with Gasteiger partial charge in [-0.1, -0.05) is 12.1 Å². The van der Waals surface area contributed by atoms with Gasteiger partial charge in [0.05, 0.1) is 0 Å². The molecule has 0 saturated heterocycles. The highest BCUT2D eigenvalue weighted by molar-refractivity contribution is 5.66. The molecule has 0 radical (unpaired) electrons. The Hall–Kier alpha value is -1.97. The van der Waals surface area contributed by atoms with E-state index in [4.69, 9.17) is 5.73 Å². The first-order chi connectivity index (χ1) is 7.18. The molecule has 4 heteroatoms. The van der Waals surface area contributed by atoms with Gasteiger partial charge in [0.1, 0.15) is 5.82 Å². The fourth-order valence-electron chi connectivity index (χ4n) is 1.34. The quantitative estimate of drug-likeness (QED) is 0.778. The molecule has 0 aliphatic carbocycles. The van der Waals surface area contributed by atoms with Crippen LogP contribution in [0.3, 0.4) is 0 Å². The van der Waals surface area contributed by atoms with Crippen molar-refractivity contribution in [3.8, 4) is 11.1 Å². The number of pyridine rings is 1. The molecule has 2 nitrogen and oxygen atoms in total. The van der Waals surface area contributed by atoms with E-state index >= 15 is 0 Å². The van der Waals surface area contributed by atoms with Crippen molar-refractivity contribution in [1.29, 1.82) is 0 Å². The summed E-state index contributed by atoms with van der Waals surface area (Å²) in [6, 6.07) is 7.09. The minimum absolute atomic E-state index is 0.184. The maximum Gasteiger partial charge on any atom is 0.166 e. The van der Waals surface area contributed by atoms with Crippen LogP contribution in [0.15, 0.2) is 36.5 Å². The lowest BCUT2D eigenvalue weighted by atomic mass is 10.1. The summed E-state index contributed by atoms with van der Waals surface area (Å²) in [6.07, 6.45) is 1.45. The highest BCUT2D eigenvalue weighted by Crippen LogP contribution is 2.24. The summed E-state index contributed by atoms with van der Waals surface area (Å²) in [6.45, 7) is 0. The van der Waals surface area contributed by atoms with Gasteiger partial charge in [-0.2, -0.15) is 0 Å². The third-order valence-electron chi connectivity index (χ3n) is 2.04. The Balaban J connectivity index is 2.59. The number of nitrogens with two attached hydrogens (primary N) is 1. The lowest BCUT2D eigenvalue weighted by molar-refractivity contribution is 0.511. The molecular weight excluding hydrogens is 198 g/mol. The van der Waals surface area contributed by atoms with Crippen LogP contribution in [0.25, 0.3) is 11.1 Å². The van der Waals surface area contributed by atoms with E-state index < -0.39 is 11.6 Å². The van der Waals surface area contributed by atoms with E-state index in [1.807, 2.05) is 0 Å². The lowest BCUT2D eigenvalue weighted by Crippen LogP contribution is -1.92. The molecule has 0 unspecified atom stereocenters. The summed E-state index contributed by atoms with van der Waals surface area (Å²) < 4.78 is 26.3. The van der Waals surface area contributed by atoms with E-state index in [1.165, 1.54) is 24.4 Å². The predicted octanol–water partition coefficient (Wildman–Crippen LogP) is 2.61. The zero-order valence-corrected chi connectivity index (χ0v) is 7.74. The van der Waals surface area contributed by atoms with Crippen molar-refractivity contribution in [2.45, 2.75) is 0 Å². The summed E-state index contributed by atoms with van der Waals surface area (Å²) >= 11 is 0. The van der Waals surface area contributed by atoms with Gasteiger partial charge in [0, 0.05) is 11.8 Å². The van der Waals surface area contributed by atoms with Crippen LogP contribution in [-0.2, 0) is 0 Å².